The molecule has 0 aliphatic carbocycles. The molecule has 1 N–H and O–H groups in total. The Hall–Kier alpha value is -0.880. The van der Waals surface area contributed by atoms with Gasteiger partial charge in [0.1, 0.15) is 0 Å². The smallest absolute Gasteiger partial charge is 0.255 e. The lowest BCUT2D eigenvalue weighted by Crippen LogP contribution is -2.11. The summed E-state index contributed by atoms with van der Waals surface area (Å²) in [6, 6.07) is 13.2. The third-order valence-electron chi connectivity index (χ3n) is 2.54. The van der Waals surface area contributed by atoms with Gasteiger partial charge in [-0.25, -0.2) is 0 Å². The van der Waals surface area contributed by atoms with Gasteiger partial charge in [-0.1, -0.05) is 22.0 Å². The third-order valence-corrected chi connectivity index (χ3v) is 4.11. The second-order valence-electron chi connectivity index (χ2n) is 3.92. The van der Waals surface area contributed by atoms with E-state index in [0.29, 0.717) is 5.56 Å². The van der Waals surface area contributed by atoms with E-state index in [9.17, 15) is 4.79 Å². The number of carbonyl (C=O) groups is 1. The molecule has 4 heteroatoms. The van der Waals surface area contributed by atoms with Crippen LogP contribution in [0.25, 0.3) is 0 Å². The van der Waals surface area contributed by atoms with Gasteiger partial charge in [0.15, 0.2) is 0 Å². The number of hydrogen-bond acceptors (Lipinski definition) is 1. The van der Waals surface area contributed by atoms with Crippen molar-refractivity contribution < 1.29 is 4.79 Å². The Morgan fingerprint density at radius 2 is 1.83 bits per heavy atom. The maximum absolute atomic E-state index is 12.0. The summed E-state index contributed by atoms with van der Waals surface area (Å²) >= 11 is 5.66. The van der Waals surface area contributed by atoms with Gasteiger partial charge in [-0.2, -0.15) is 0 Å². The largest absolute Gasteiger partial charge is 0.322 e. The number of rotatable bonds is 2. The van der Waals surface area contributed by atoms with Crippen LogP contribution < -0.4 is 5.32 Å². The predicted octanol–water partition coefficient (Wildman–Crippen LogP) is 4.61. The molecule has 1 amide bonds. The highest BCUT2D eigenvalue weighted by atomic mass is 127. The van der Waals surface area contributed by atoms with E-state index in [1.165, 1.54) is 0 Å². The maximum Gasteiger partial charge on any atom is 0.255 e. The number of benzene rings is 2. The quantitative estimate of drug-likeness (QED) is 0.712. The first kappa shape index (κ1) is 13.5. The fraction of sp³-hybridized carbons (Fsp3) is 0.0714. The molecule has 92 valence electrons. The zero-order valence-electron chi connectivity index (χ0n) is 9.71. The Bertz CT molecular complexity index is 581. The molecule has 0 heterocycles. The minimum absolute atomic E-state index is 0.0952. The number of nitrogens with one attached hydrogen (secondary N) is 1. The summed E-state index contributed by atoms with van der Waals surface area (Å²) < 4.78 is 2.10. The molecule has 0 radical (unpaired) electrons. The zero-order chi connectivity index (χ0) is 13.1. The fourth-order valence-corrected chi connectivity index (χ4v) is 2.21. The van der Waals surface area contributed by atoms with Gasteiger partial charge >= 0.3 is 0 Å². The van der Waals surface area contributed by atoms with Crippen LogP contribution in [-0.2, 0) is 0 Å². The van der Waals surface area contributed by atoms with Crippen LogP contribution in [-0.4, -0.2) is 5.91 Å². The van der Waals surface area contributed by atoms with Gasteiger partial charge in [0.2, 0.25) is 0 Å². The first-order valence-electron chi connectivity index (χ1n) is 5.39. The molecule has 2 nitrogen and oxygen atoms in total. The van der Waals surface area contributed by atoms with Crippen molar-refractivity contribution in [3.8, 4) is 0 Å². The lowest BCUT2D eigenvalue weighted by Gasteiger charge is -2.07. The summed E-state index contributed by atoms with van der Waals surface area (Å²) in [6.45, 7) is 2.01. The number of aryl methyl sites for hydroxylation is 1. The lowest BCUT2D eigenvalue weighted by atomic mass is 10.2. The van der Waals surface area contributed by atoms with Crippen LogP contribution >= 0.6 is 38.5 Å². The molecule has 0 aliphatic rings. The van der Waals surface area contributed by atoms with Crippen molar-refractivity contribution in [2.75, 3.05) is 5.32 Å². The third kappa shape index (κ3) is 3.32. The van der Waals surface area contributed by atoms with Crippen LogP contribution in [0.3, 0.4) is 0 Å². The lowest BCUT2D eigenvalue weighted by molar-refractivity contribution is 0.102. The van der Waals surface area contributed by atoms with Gasteiger partial charge < -0.3 is 5.32 Å². The van der Waals surface area contributed by atoms with Crippen LogP contribution in [0.4, 0.5) is 5.69 Å². The van der Waals surface area contributed by atoms with Crippen LogP contribution in [0, 0.1) is 10.5 Å². The van der Waals surface area contributed by atoms with Gasteiger partial charge in [0.25, 0.3) is 5.91 Å². The molecule has 0 aromatic heterocycles. The summed E-state index contributed by atoms with van der Waals surface area (Å²) in [5.41, 5.74) is 2.59. The zero-order valence-corrected chi connectivity index (χ0v) is 13.4. The number of anilines is 1. The number of carbonyl (C=O) groups excluding carboxylic acids is 1. The number of hydrogen-bond donors (Lipinski definition) is 1. The predicted molar refractivity (Wildman–Crippen MR) is 86.0 cm³/mol. The van der Waals surface area contributed by atoms with Gasteiger partial charge in [-0.05, 0) is 71.5 Å². The molecule has 18 heavy (non-hydrogen) atoms. The first-order valence-corrected chi connectivity index (χ1v) is 7.26. The molecule has 0 fully saturated rings. The Morgan fingerprint density at radius 3 is 2.44 bits per heavy atom. The molecule has 0 unspecified atom stereocenters. The highest BCUT2D eigenvalue weighted by Crippen LogP contribution is 2.21. The Kier molecular flexibility index (Phi) is 4.40. The molecule has 0 atom stereocenters. The monoisotopic (exact) mass is 415 g/mol. The maximum atomic E-state index is 12.0. The average Bonchev–Trinajstić information content (AvgIpc) is 2.34. The summed E-state index contributed by atoms with van der Waals surface area (Å²) in [7, 11) is 0. The van der Waals surface area contributed by atoms with Crippen molar-refractivity contribution in [2.24, 2.45) is 0 Å². The van der Waals surface area contributed by atoms with Crippen LogP contribution in [0.2, 0.25) is 0 Å². The molecule has 2 aromatic rings. The summed E-state index contributed by atoms with van der Waals surface area (Å²) in [5, 5.41) is 2.87. The van der Waals surface area contributed by atoms with E-state index >= 15 is 0 Å². The molecular formula is C14H11BrINO. The van der Waals surface area contributed by atoms with Crippen molar-refractivity contribution >= 4 is 50.1 Å². The topological polar surface area (TPSA) is 29.1 Å². The SMILES string of the molecule is Cc1ccc(NC(=O)c2ccc(I)cc2)cc1Br. The molecule has 0 saturated heterocycles. The minimum Gasteiger partial charge on any atom is -0.322 e. The molecule has 0 aliphatic heterocycles. The van der Waals surface area contributed by atoms with Gasteiger partial charge in [0, 0.05) is 19.3 Å². The fourth-order valence-electron chi connectivity index (χ4n) is 1.48. The van der Waals surface area contributed by atoms with E-state index in [4.69, 9.17) is 0 Å². The van der Waals surface area contributed by atoms with Crippen LogP contribution in [0.15, 0.2) is 46.9 Å². The van der Waals surface area contributed by atoms with Gasteiger partial charge in [-0.3, -0.25) is 4.79 Å². The standard InChI is InChI=1S/C14H11BrINO/c1-9-2-7-12(8-13(9)15)17-14(18)10-3-5-11(16)6-4-10/h2-8H,1H3,(H,17,18). The van der Waals surface area contributed by atoms with Crippen molar-refractivity contribution in [3.63, 3.8) is 0 Å². The first-order chi connectivity index (χ1) is 8.56. The van der Waals surface area contributed by atoms with Crippen LogP contribution in [0.1, 0.15) is 15.9 Å². The number of halogens is 2. The van der Waals surface area contributed by atoms with Crippen molar-refractivity contribution in [3.05, 3.63) is 61.6 Å². The van der Waals surface area contributed by atoms with E-state index < -0.39 is 0 Å². The summed E-state index contributed by atoms with van der Waals surface area (Å²) in [4.78, 5) is 12.0. The minimum atomic E-state index is -0.0952. The van der Waals surface area contributed by atoms with Gasteiger partial charge in [0.05, 0.1) is 0 Å². The molecule has 2 rings (SSSR count). The Balaban J connectivity index is 2.16. The Labute approximate surface area is 128 Å². The summed E-state index contributed by atoms with van der Waals surface area (Å²) in [6.07, 6.45) is 0. The highest BCUT2D eigenvalue weighted by Gasteiger charge is 2.06. The van der Waals surface area contributed by atoms with E-state index in [1.807, 2.05) is 49.4 Å². The van der Waals surface area contributed by atoms with E-state index in [2.05, 4.69) is 43.8 Å². The second-order valence-corrected chi connectivity index (χ2v) is 6.02. The highest BCUT2D eigenvalue weighted by molar-refractivity contribution is 14.1. The molecule has 0 spiro atoms. The van der Waals surface area contributed by atoms with E-state index in [0.717, 1.165) is 19.3 Å². The number of amides is 1. The molecule has 2 aromatic carbocycles. The van der Waals surface area contributed by atoms with Crippen molar-refractivity contribution in [1.29, 1.82) is 0 Å². The average molecular weight is 416 g/mol. The Morgan fingerprint density at radius 1 is 1.17 bits per heavy atom. The van der Waals surface area contributed by atoms with Gasteiger partial charge in [-0.15, -0.1) is 0 Å². The second kappa shape index (κ2) is 5.84. The molecule has 0 saturated carbocycles. The van der Waals surface area contributed by atoms with Crippen molar-refractivity contribution in [2.45, 2.75) is 6.92 Å². The molecule has 0 bridgehead atoms. The molecular weight excluding hydrogens is 405 g/mol. The van der Waals surface area contributed by atoms with E-state index in [1.54, 1.807) is 0 Å². The normalized spacial score (nSPS) is 10.2. The van der Waals surface area contributed by atoms with Crippen molar-refractivity contribution in [1.82, 2.24) is 0 Å². The summed E-state index contributed by atoms with van der Waals surface area (Å²) in [5.74, 6) is -0.0952. The van der Waals surface area contributed by atoms with Crippen LogP contribution in [0.5, 0.6) is 0 Å². The van der Waals surface area contributed by atoms with E-state index in [-0.39, 0.29) is 5.91 Å².